The van der Waals surface area contributed by atoms with E-state index in [9.17, 15) is 4.79 Å². The Morgan fingerprint density at radius 1 is 1.58 bits per heavy atom. The third kappa shape index (κ3) is 1.35. The molecule has 1 aliphatic rings. The number of aliphatic hydroxyl groups excluding tert-OH is 3. The number of cyclic esters (lactones) is 1. The second-order valence-corrected chi connectivity index (χ2v) is 2.67. The summed E-state index contributed by atoms with van der Waals surface area (Å²) in [5.74, 6) is -2.49. The molecule has 6 heteroatoms. The summed E-state index contributed by atoms with van der Waals surface area (Å²) >= 11 is 3.73. The van der Waals surface area contributed by atoms with Crippen molar-refractivity contribution >= 4 is 18.6 Å². The van der Waals surface area contributed by atoms with E-state index in [2.05, 4.69) is 17.4 Å². The molecule has 2 atom stereocenters. The topological polar surface area (TPSA) is 87.0 Å². The molecule has 0 radical (unpaired) electrons. The second-order valence-electron chi connectivity index (χ2n) is 2.31. The van der Waals surface area contributed by atoms with E-state index in [-0.39, 0.29) is 5.75 Å². The molecule has 12 heavy (non-hydrogen) atoms. The maximum Gasteiger partial charge on any atom is 0.377 e. The van der Waals surface area contributed by atoms with Gasteiger partial charge in [0.25, 0.3) is 0 Å². The normalized spacial score (nSPS) is 25.8. The van der Waals surface area contributed by atoms with E-state index in [1.54, 1.807) is 0 Å². The molecular formula is C6H8O5S. The van der Waals surface area contributed by atoms with Crippen LogP contribution in [0.25, 0.3) is 0 Å². The van der Waals surface area contributed by atoms with Crippen molar-refractivity contribution in [2.24, 2.45) is 0 Å². The number of ether oxygens (including phenoxy) is 1. The minimum Gasteiger partial charge on any atom is -0.505 e. The van der Waals surface area contributed by atoms with Crippen LogP contribution in [0.1, 0.15) is 0 Å². The van der Waals surface area contributed by atoms with Crippen LogP contribution in [0.2, 0.25) is 0 Å². The van der Waals surface area contributed by atoms with Crippen LogP contribution in [-0.2, 0) is 9.53 Å². The van der Waals surface area contributed by atoms with Gasteiger partial charge in [0, 0.05) is 5.75 Å². The summed E-state index contributed by atoms with van der Waals surface area (Å²) < 4.78 is 4.43. The van der Waals surface area contributed by atoms with Gasteiger partial charge in [0.2, 0.25) is 5.76 Å². The quantitative estimate of drug-likeness (QED) is 0.351. The standard InChI is InChI=1S/C6H8O5S/c7-2(1-12)5-3(8)4(9)6(10)11-5/h2,5,7-9,12H,1H2. The lowest BCUT2D eigenvalue weighted by molar-refractivity contribution is -0.146. The smallest absolute Gasteiger partial charge is 0.377 e. The van der Waals surface area contributed by atoms with Gasteiger partial charge in [0.15, 0.2) is 11.9 Å². The molecule has 0 bridgehead atoms. The van der Waals surface area contributed by atoms with Crippen LogP contribution >= 0.6 is 12.6 Å². The van der Waals surface area contributed by atoms with Crippen LogP contribution in [0.4, 0.5) is 0 Å². The first-order valence-electron chi connectivity index (χ1n) is 3.20. The molecule has 2 unspecified atom stereocenters. The van der Waals surface area contributed by atoms with Gasteiger partial charge in [-0.25, -0.2) is 4.79 Å². The molecular weight excluding hydrogens is 184 g/mol. The molecule has 0 spiro atoms. The summed E-state index contributed by atoms with van der Waals surface area (Å²) in [7, 11) is 0. The van der Waals surface area contributed by atoms with Gasteiger partial charge in [-0.1, -0.05) is 0 Å². The number of carbonyl (C=O) groups excluding carboxylic acids is 1. The van der Waals surface area contributed by atoms with E-state index in [4.69, 9.17) is 15.3 Å². The average molecular weight is 192 g/mol. The highest BCUT2D eigenvalue weighted by molar-refractivity contribution is 7.80. The van der Waals surface area contributed by atoms with E-state index in [0.717, 1.165) is 0 Å². The largest absolute Gasteiger partial charge is 0.505 e. The fraction of sp³-hybridized carbons (Fsp3) is 0.500. The number of esters is 1. The van der Waals surface area contributed by atoms with Crippen molar-refractivity contribution in [2.45, 2.75) is 12.2 Å². The maximum absolute atomic E-state index is 10.6. The minimum atomic E-state index is -1.19. The number of thiol groups is 1. The Morgan fingerprint density at radius 3 is 2.50 bits per heavy atom. The summed E-state index contributed by atoms with van der Waals surface area (Å²) in [4.78, 5) is 10.6. The van der Waals surface area contributed by atoms with Crippen molar-refractivity contribution < 1.29 is 24.9 Å². The number of hydrogen-bond donors (Lipinski definition) is 4. The summed E-state index contributed by atoms with van der Waals surface area (Å²) in [5, 5.41) is 26.9. The summed E-state index contributed by atoms with van der Waals surface area (Å²) in [6.45, 7) is 0. The molecule has 0 aromatic heterocycles. The first-order chi connectivity index (χ1) is 5.57. The molecule has 5 nitrogen and oxygen atoms in total. The predicted octanol–water partition coefficient (Wildman–Crippen LogP) is -0.470. The third-order valence-corrected chi connectivity index (χ3v) is 1.85. The molecule has 1 heterocycles. The highest BCUT2D eigenvalue weighted by Gasteiger charge is 2.38. The number of rotatable bonds is 2. The zero-order valence-corrected chi connectivity index (χ0v) is 6.86. The molecule has 3 N–H and O–H groups in total. The minimum absolute atomic E-state index is 0.0231. The Bertz CT molecular complexity index is 236. The van der Waals surface area contributed by atoms with E-state index in [0.29, 0.717) is 0 Å². The van der Waals surface area contributed by atoms with Gasteiger partial charge in [0.05, 0.1) is 0 Å². The Labute approximate surface area is 73.7 Å². The first kappa shape index (κ1) is 9.21. The molecule has 0 amide bonds. The van der Waals surface area contributed by atoms with E-state index >= 15 is 0 Å². The van der Waals surface area contributed by atoms with Gasteiger partial charge < -0.3 is 20.1 Å². The molecule has 0 saturated carbocycles. The molecule has 1 rings (SSSR count). The van der Waals surface area contributed by atoms with Crippen molar-refractivity contribution in [1.82, 2.24) is 0 Å². The lowest BCUT2D eigenvalue weighted by atomic mass is 10.2. The third-order valence-electron chi connectivity index (χ3n) is 1.48. The van der Waals surface area contributed by atoms with Gasteiger partial charge in [-0.2, -0.15) is 12.6 Å². The van der Waals surface area contributed by atoms with Crippen LogP contribution < -0.4 is 0 Å². The number of aliphatic hydroxyl groups is 3. The molecule has 1 aliphatic heterocycles. The van der Waals surface area contributed by atoms with Crippen LogP contribution in [0.3, 0.4) is 0 Å². The summed E-state index contributed by atoms with van der Waals surface area (Å²) in [5.41, 5.74) is 0. The highest BCUT2D eigenvalue weighted by atomic mass is 32.1. The molecule has 0 aliphatic carbocycles. The Balaban J connectivity index is 2.80. The van der Waals surface area contributed by atoms with Crippen molar-refractivity contribution in [3.63, 3.8) is 0 Å². The predicted molar refractivity (Wildman–Crippen MR) is 42.0 cm³/mol. The van der Waals surface area contributed by atoms with Gasteiger partial charge in [0.1, 0.15) is 6.10 Å². The average Bonchev–Trinajstić information content (AvgIpc) is 2.32. The monoisotopic (exact) mass is 192 g/mol. The van der Waals surface area contributed by atoms with Crippen LogP contribution in [0, 0.1) is 0 Å². The SMILES string of the molecule is O=C1OC(C(O)CS)C(O)=C1O. The van der Waals surface area contributed by atoms with Gasteiger partial charge in [-0.3, -0.25) is 0 Å². The zero-order valence-electron chi connectivity index (χ0n) is 5.97. The number of carbonyl (C=O) groups is 1. The molecule has 68 valence electrons. The fourth-order valence-electron chi connectivity index (χ4n) is 0.823. The van der Waals surface area contributed by atoms with E-state index in [1.807, 2.05) is 0 Å². The van der Waals surface area contributed by atoms with Gasteiger partial charge in [-0.05, 0) is 0 Å². The van der Waals surface area contributed by atoms with Crippen molar-refractivity contribution in [3.8, 4) is 0 Å². The Hall–Kier alpha value is -0.880. The van der Waals surface area contributed by atoms with Crippen LogP contribution in [0.15, 0.2) is 11.5 Å². The fourth-order valence-corrected chi connectivity index (χ4v) is 1.01. The van der Waals surface area contributed by atoms with Gasteiger partial charge >= 0.3 is 5.97 Å². The zero-order chi connectivity index (χ0) is 9.30. The lowest BCUT2D eigenvalue weighted by Crippen LogP contribution is -2.29. The summed E-state index contributed by atoms with van der Waals surface area (Å²) in [6, 6.07) is 0. The van der Waals surface area contributed by atoms with Crippen molar-refractivity contribution in [2.75, 3.05) is 5.75 Å². The van der Waals surface area contributed by atoms with Gasteiger partial charge in [-0.15, -0.1) is 0 Å². The first-order valence-corrected chi connectivity index (χ1v) is 3.83. The number of hydrogen-bond acceptors (Lipinski definition) is 6. The van der Waals surface area contributed by atoms with Crippen molar-refractivity contribution in [3.05, 3.63) is 11.5 Å². The van der Waals surface area contributed by atoms with Crippen molar-refractivity contribution in [1.29, 1.82) is 0 Å². The van der Waals surface area contributed by atoms with Crippen LogP contribution in [-0.4, -0.2) is 39.2 Å². The van der Waals surface area contributed by atoms with Crippen LogP contribution in [0.5, 0.6) is 0 Å². The molecule has 0 saturated heterocycles. The molecule has 0 fully saturated rings. The Morgan fingerprint density at radius 2 is 2.17 bits per heavy atom. The Kier molecular flexibility index (Phi) is 2.49. The molecule has 0 aromatic rings. The lowest BCUT2D eigenvalue weighted by Gasteiger charge is -2.14. The van der Waals surface area contributed by atoms with E-state index in [1.165, 1.54) is 0 Å². The summed E-state index contributed by atoms with van der Waals surface area (Å²) in [6.07, 6.45) is -2.29. The second kappa shape index (κ2) is 3.24. The maximum atomic E-state index is 10.6. The highest BCUT2D eigenvalue weighted by Crippen LogP contribution is 2.21. The molecule has 0 aromatic carbocycles. The van der Waals surface area contributed by atoms with E-state index < -0.39 is 29.7 Å².